The number of nitrogens with zero attached hydrogens (tertiary/aromatic N) is 1. The molecule has 0 radical (unpaired) electrons. The van der Waals surface area contributed by atoms with E-state index in [0.717, 1.165) is 0 Å². The van der Waals surface area contributed by atoms with E-state index in [1.165, 1.54) is 6.92 Å². The van der Waals surface area contributed by atoms with Crippen molar-refractivity contribution in [1.82, 2.24) is 0 Å². The SMILES string of the molecule is C[C@H](CC#N)S(=O)(=O)Cl. The lowest BCUT2D eigenvalue weighted by molar-refractivity contribution is 0.598. The molecule has 0 amide bonds. The third kappa shape index (κ3) is 3.33. The molecular weight excluding hydrogens is 162 g/mol. The lowest BCUT2D eigenvalue weighted by atomic mass is 10.4. The van der Waals surface area contributed by atoms with Crippen LogP contribution in [0.4, 0.5) is 0 Å². The molecule has 5 heteroatoms. The van der Waals surface area contributed by atoms with Gasteiger partial charge in [-0.3, -0.25) is 0 Å². The van der Waals surface area contributed by atoms with Crippen molar-refractivity contribution in [3.8, 4) is 6.07 Å². The summed E-state index contributed by atoms with van der Waals surface area (Å²) in [4.78, 5) is 0. The molecule has 0 fully saturated rings. The molecular formula is C4H6ClNO2S. The Labute approximate surface area is 58.7 Å². The second-order valence-corrected chi connectivity index (χ2v) is 4.69. The van der Waals surface area contributed by atoms with Crippen molar-refractivity contribution < 1.29 is 8.42 Å². The second-order valence-electron chi connectivity index (χ2n) is 1.65. The molecule has 0 aliphatic heterocycles. The molecule has 0 spiro atoms. The first-order valence-electron chi connectivity index (χ1n) is 2.29. The van der Waals surface area contributed by atoms with Gasteiger partial charge in [0.1, 0.15) is 0 Å². The minimum Gasteiger partial charge on any atom is -0.212 e. The summed E-state index contributed by atoms with van der Waals surface area (Å²) in [5.41, 5.74) is 0. The molecule has 3 nitrogen and oxygen atoms in total. The Morgan fingerprint density at radius 1 is 1.78 bits per heavy atom. The van der Waals surface area contributed by atoms with Gasteiger partial charge in [-0.05, 0) is 6.92 Å². The van der Waals surface area contributed by atoms with E-state index in [9.17, 15) is 8.42 Å². The van der Waals surface area contributed by atoms with Crippen LogP contribution in [0.15, 0.2) is 0 Å². The highest BCUT2D eigenvalue weighted by Gasteiger charge is 2.15. The number of hydrogen-bond donors (Lipinski definition) is 0. The summed E-state index contributed by atoms with van der Waals surface area (Å²) < 4.78 is 20.7. The molecule has 0 aromatic carbocycles. The number of nitriles is 1. The smallest absolute Gasteiger partial charge is 0.212 e. The van der Waals surface area contributed by atoms with Crippen molar-refractivity contribution in [2.75, 3.05) is 0 Å². The first kappa shape index (κ1) is 8.73. The molecule has 0 aliphatic carbocycles. The fourth-order valence-corrected chi connectivity index (χ4v) is 0.691. The molecule has 0 aliphatic rings. The first-order valence-corrected chi connectivity index (χ1v) is 4.66. The van der Waals surface area contributed by atoms with Gasteiger partial charge in [0.25, 0.3) is 0 Å². The van der Waals surface area contributed by atoms with E-state index in [4.69, 9.17) is 15.9 Å². The number of rotatable bonds is 2. The molecule has 0 saturated carbocycles. The van der Waals surface area contributed by atoms with Gasteiger partial charge in [0, 0.05) is 10.7 Å². The maximum absolute atomic E-state index is 10.3. The second kappa shape index (κ2) is 3.04. The van der Waals surface area contributed by atoms with Gasteiger partial charge >= 0.3 is 0 Å². The largest absolute Gasteiger partial charge is 0.236 e. The van der Waals surface area contributed by atoms with Crippen molar-refractivity contribution in [2.45, 2.75) is 18.6 Å². The third-order valence-electron chi connectivity index (χ3n) is 0.859. The van der Waals surface area contributed by atoms with Gasteiger partial charge in [-0.1, -0.05) is 0 Å². The maximum Gasteiger partial charge on any atom is 0.236 e. The van der Waals surface area contributed by atoms with Crippen molar-refractivity contribution in [2.24, 2.45) is 0 Å². The fraction of sp³-hybridized carbons (Fsp3) is 0.750. The van der Waals surface area contributed by atoms with Crippen LogP contribution in [0.3, 0.4) is 0 Å². The number of hydrogen-bond acceptors (Lipinski definition) is 3. The molecule has 1 atom stereocenters. The Kier molecular flexibility index (Phi) is 2.95. The van der Waals surface area contributed by atoms with Crippen LogP contribution in [0.5, 0.6) is 0 Å². The normalized spacial score (nSPS) is 14.3. The molecule has 0 bridgehead atoms. The van der Waals surface area contributed by atoms with E-state index in [2.05, 4.69) is 0 Å². The Morgan fingerprint density at radius 2 is 2.22 bits per heavy atom. The van der Waals surface area contributed by atoms with Gasteiger partial charge in [-0.2, -0.15) is 5.26 Å². The van der Waals surface area contributed by atoms with Crippen LogP contribution in [0, 0.1) is 11.3 Å². The quantitative estimate of drug-likeness (QED) is 0.573. The summed E-state index contributed by atoms with van der Waals surface area (Å²) in [7, 11) is 1.37. The molecule has 0 aromatic heterocycles. The highest BCUT2D eigenvalue weighted by atomic mass is 35.7. The summed E-state index contributed by atoms with van der Waals surface area (Å²) in [6, 6.07) is 1.71. The van der Waals surface area contributed by atoms with Gasteiger partial charge in [-0.15, -0.1) is 0 Å². The molecule has 0 unspecified atom stereocenters. The van der Waals surface area contributed by atoms with Crippen molar-refractivity contribution in [1.29, 1.82) is 5.26 Å². The molecule has 52 valence electrons. The van der Waals surface area contributed by atoms with E-state index < -0.39 is 14.3 Å². The zero-order chi connectivity index (χ0) is 7.49. The Balaban J connectivity index is 4.10. The van der Waals surface area contributed by atoms with Crippen LogP contribution < -0.4 is 0 Å². The van der Waals surface area contributed by atoms with Crippen molar-refractivity contribution >= 4 is 19.7 Å². The molecule has 0 heterocycles. The monoisotopic (exact) mass is 167 g/mol. The number of halogens is 1. The summed E-state index contributed by atoms with van der Waals surface area (Å²) in [6.45, 7) is 1.39. The highest BCUT2D eigenvalue weighted by Crippen LogP contribution is 2.08. The van der Waals surface area contributed by atoms with Crippen LogP contribution in [0.2, 0.25) is 0 Å². The van der Waals surface area contributed by atoms with Crippen LogP contribution in [0.1, 0.15) is 13.3 Å². The van der Waals surface area contributed by atoms with Gasteiger partial charge in [0.05, 0.1) is 17.7 Å². The summed E-state index contributed by atoms with van der Waals surface area (Å²) >= 11 is 0. The lowest BCUT2D eigenvalue weighted by Gasteiger charge is -1.98. The van der Waals surface area contributed by atoms with E-state index in [1.807, 2.05) is 0 Å². The van der Waals surface area contributed by atoms with Crippen LogP contribution in [0.25, 0.3) is 0 Å². The first-order chi connectivity index (χ1) is 3.98. The molecule has 9 heavy (non-hydrogen) atoms. The van der Waals surface area contributed by atoms with E-state index in [0.29, 0.717) is 0 Å². The zero-order valence-corrected chi connectivity index (χ0v) is 6.41. The zero-order valence-electron chi connectivity index (χ0n) is 4.83. The van der Waals surface area contributed by atoms with E-state index in [-0.39, 0.29) is 6.42 Å². The standard InChI is InChI=1S/C4H6ClNO2S/c1-4(2-3-6)9(5,7)8/h4H,2H2,1H3/t4-/m1/s1. The topological polar surface area (TPSA) is 57.9 Å². The minimum absolute atomic E-state index is 0.0498. The highest BCUT2D eigenvalue weighted by molar-refractivity contribution is 8.14. The lowest BCUT2D eigenvalue weighted by Crippen LogP contribution is -2.09. The summed E-state index contributed by atoms with van der Waals surface area (Å²) in [6.07, 6.45) is -0.0498. The van der Waals surface area contributed by atoms with E-state index in [1.54, 1.807) is 6.07 Å². The van der Waals surface area contributed by atoms with Gasteiger partial charge in [0.2, 0.25) is 9.05 Å². The van der Waals surface area contributed by atoms with Crippen LogP contribution in [-0.2, 0) is 9.05 Å². The van der Waals surface area contributed by atoms with Crippen LogP contribution >= 0.6 is 10.7 Å². The minimum atomic E-state index is -3.52. The molecule has 0 rings (SSSR count). The summed E-state index contributed by atoms with van der Waals surface area (Å²) in [5.74, 6) is 0. The fourth-order valence-electron chi connectivity index (χ4n) is 0.228. The predicted octanol–water partition coefficient (Wildman–Crippen LogP) is 0.857. The van der Waals surface area contributed by atoms with E-state index >= 15 is 0 Å². The Bertz CT molecular complexity index is 215. The Hall–Kier alpha value is -0.270. The maximum atomic E-state index is 10.3. The van der Waals surface area contributed by atoms with Crippen molar-refractivity contribution in [3.05, 3.63) is 0 Å². The summed E-state index contributed by atoms with van der Waals surface area (Å²) in [5, 5.41) is 7.27. The van der Waals surface area contributed by atoms with Gasteiger partial charge in [-0.25, -0.2) is 8.42 Å². The third-order valence-corrected chi connectivity index (χ3v) is 2.90. The van der Waals surface area contributed by atoms with Gasteiger partial charge in [0.15, 0.2) is 0 Å². The Morgan fingerprint density at radius 3 is 2.33 bits per heavy atom. The molecule has 0 saturated heterocycles. The molecule has 0 aromatic rings. The predicted molar refractivity (Wildman–Crippen MR) is 34.5 cm³/mol. The van der Waals surface area contributed by atoms with Crippen molar-refractivity contribution in [3.63, 3.8) is 0 Å². The van der Waals surface area contributed by atoms with Gasteiger partial charge < -0.3 is 0 Å². The average Bonchev–Trinajstić information content (AvgIpc) is 1.64. The average molecular weight is 168 g/mol. The molecule has 0 N–H and O–H groups in total. The van der Waals surface area contributed by atoms with Crippen LogP contribution in [-0.4, -0.2) is 13.7 Å².